The van der Waals surface area contributed by atoms with Crippen LogP contribution in [0.5, 0.6) is 5.75 Å². The molecule has 2 rings (SSSR count). The predicted molar refractivity (Wildman–Crippen MR) is 88.8 cm³/mol. The van der Waals surface area contributed by atoms with Crippen molar-refractivity contribution in [1.29, 1.82) is 0 Å². The van der Waals surface area contributed by atoms with Crippen molar-refractivity contribution < 1.29 is 9.47 Å². The van der Waals surface area contributed by atoms with Crippen LogP contribution in [0.2, 0.25) is 0 Å². The monoisotopic (exact) mass is 308 g/mol. The molecule has 0 radical (unpaired) electrons. The zero-order valence-electron chi connectivity index (χ0n) is 12.8. The summed E-state index contributed by atoms with van der Waals surface area (Å²) in [6.07, 6.45) is 2.32. The van der Waals surface area contributed by atoms with Crippen LogP contribution in [0.4, 0.5) is 0 Å². The van der Waals surface area contributed by atoms with E-state index in [0.29, 0.717) is 4.99 Å². The van der Waals surface area contributed by atoms with Crippen LogP contribution >= 0.6 is 12.2 Å². The van der Waals surface area contributed by atoms with Crippen LogP contribution in [-0.4, -0.2) is 43.8 Å². The van der Waals surface area contributed by atoms with Gasteiger partial charge < -0.3 is 20.1 Å². The number of benzene rings is 1. The highest BCUT2D eigenvalue weighted by Gasteiger charge is 2.16. The largest absolute Gasteiger partial charge is 0.496 e. The molecule has 1 aromatic rings. The Morgan fingerprint density at radius 2 is 2.14 bits per heavy atom. The van der Waals surface area contributed by atoms with Crippen LogP contribution in [0.25, 0.3) is 0 Å². The number of methoxy groups -OCH3 is 1. The molecule has 0 aromatic heterocycles. The minimum atomic E-state index is 0.369. The summed E-state index contributed by atoms with van der Waals surface area (Å²) in [5.41, 5.74) is 7.70. The zero-order chi connectivity index (χ0) is 15.2. The van der Waals surface area contributed by atoms with E-state index < -0.39 is 0 Å². The maximum Gasteiger partial charge on any atom is 0.129 e. The fraction of sp³-hybridized carbons (Fsp3) is 0.562. The molecule has 4 nitrogen and oxygen atoms in total. The first-order valence-corrected chi connectivity index (χ1v) is 7.74. The van der Waals surface area contributed by atoms with E-state index in [0.717, 1.165) is 56.4 Å². The lowest BCUT2D eigenvalue weighted by molar-refractivity contribution is 0.0549. The molecule has 0 aliphatic carbocycles. The Balaban J connectivity index is 1.96. The van der Waals surface area contributed by atoms with E-state index in [2.05, 4.69) is 18.0 Å². The highest BCUT2D eigenvalue weighted by Crippen LogP contribution is 2.22. The number of rotatable bonds is 6. The summed E-state index contributed by atoms with van der Waals surface area (Å²) in [7, 11) is 3.80. The number of ether oxygens (including phenoxy) is 2. The summed E-state index contributed by atoms with van der Waals surface area (Å²) in [4.78, 5) is 2.72. The van der Waals surface area contributed by atoms with Crippen LogP contribution in [-0.2, 0) is 11.3 Å². The van der Waals surface area contributed by atoms with Gasteiger partial charge in [-0.25, -0.2) is 0 Å². The molecule has 1 aliphatic heterocycles. The maximum atomic E-state index is 5.69. The number of hydrogen-bond acceptors (Lipinski definition) is 4. The van der Waals surface area contributed by atoms with E-state index >= 15 is 0 Å². The fourth-order valence-corrected chi connectivity index (χ4v) is 2.95. The Hall–Kier alpha value is -1.17. The first-order chi connectivity index (χ1) is 10.1. The molecule has 0 unspecified atom stereocenters. The lowest BCUT2D eigenvalue weighted by Crippen LogP contribution is -2.29. The molecule has 1 aliphatic rings. The zero-order valence-corrected chi connectivity index (χ0v) is 13.6. The average molecular weight is 308 g/mol. The van der Waals surface area contributed by atoms with Gasteiger partial charge in [-0.05, 0) is 43.5 Å². The number of thiocarbonyl (C=S) groups is 1. The highest BCUT2D eigenvalue weighted by atomic mass is 32.1. The molecule has 21 heavy (non-hydrogen) atoms. The number of hydrogen-bond donors (Lipinski definition) is 1. The van der Waals surface area contributed by atoms with E-state index in [9.17, 15) is 0 Å². The van der Waals surface area contributed by atoms with Crippen molar-refractivity contribution in [1.82, 2.24) is 4.90 Å². The minimum absolute atomic E-state index is 0.369. The van der Waals surface area contributed by atoms with Crippen molar-refractivity contribution in [2.75, 3.05) is 33.9 Å². The van der Waals surface area contributed by atoms with Crippen molar-refractivity contribution in [3.63, 3.8) is 0 Å². The first kappa shape index (κ1) is 16.2. The van der Waals surface area contributed by atoms with Crippen LogP contribution in [0.3, 0.4) is 0 Å². The minimum Gasteiger partial charge on any atom is -0.496 e. The molecule has 5 heteroatoms. The van der Waals surface area contributed by atoms with Gasteiger partial charge in [-0.1, -0.05) is 18.3 Å². The smallest absolute Gasteiger partial charge is 0.129 e. The maximum absolute atomic E-state index is 5.69. The molecule has 0 saturated carbocycles. The van der Waals surface area contributed by atoms with Gasteiger partial charge in [0, 0.05) is 26.3 Å². The van der Waals surface area contributed by atoms with E-state index in [1.807, 2.05) is 12.1 Å². The van der Waals surface area contributed by atoms with Gasteiger partial charge in [0.05, 0.1) is 12.7 Å². The lowest BCUT2D eigenvalue weighted by Gasteiger charge is -2.27. The molecule has 0 amide bonds. The summed E-state index contributed by atoms with van der Waals surface area (Å²) in [5.74, 6) is 1.49. The van der Waals surface area contributed by atoms with Crippen molar-refractivity contribution in [2.24, 2.45) is 11.7 Å². The van der Waals surface area contributed by atoms with Gasteiger partial charge >= 0.3 is 0 Å². The fourth-order valence-electron chi connectivity index (χ4n) is 2.78. The van der Waals surface area contributed by atoms with E-state index in [-0.39, 0.29) is 0 Å². The topological polar surface area (TPSA) is 47.7 Å². The van der Waals surface area contributed by atoms with Crippen molar-refractivity contribution in [2.45, 2.75) is 19.4 Å². The summed E-state index contributed by atoms with van der Waals surface area (Å²) >= 11 is 5.03. The van der Waals surface area contributed by atoms with Gasteiger partial charge in [-0.15, -0.1) is 0 Å². The predicted octanol–water partition coefficient (Wildman–Crippen LogP) is 2.19. The van der Waals surface area contributed by atoms with Gasteiger partial charge in [0.25, 0.3) is 0 Å². The third-order valence-electron chi connectivity index (χ3n) is 3.89. The number of nitrogens with two attached hydrogens (primary N) is 1. The molecule has 0 bridgehead atoms. The van der Waals surface area contributed by atoms with E-state index in [1.54, 1.807) is 7.11 Å². The van der Waals surface area contributed by atoms with Gasteiger partial charge in [0.1, 0.15) is 10.7 Å². The Labute approximate surface area is 132 Å². The average Bonchev–Trinajstić information content (AvgIpc) is 2.47. The van der Waals surface area contributed by atoms with E-state index in [4.69, 9.17) is 27.4 Å². The molecule has 1 fully saturated rings. The third-order valence-corrected chi connectivity index (χ3v) is 4.11. The standard InChI is InChI=1S/C16H24N2O2S/c1-18(10-12-5-7-20-8-6-12)11-13-3-4-14(16(17)21)15(9-13)19-2/h3-4,9,12H,5-8,10-11H2,1-2H3,(H2,17,21). The molecule has 2 N–H and O–H groups in total. The Morgan fingerprint density at radius 3 is 2.76 bits per heavy atom. The SMILES string of the molecule is COc1cc(CN(C)CC2CCOCC2)ccc1C(N)=S. The van der Waals surface area contributed by atoms with Crippen molar-refractivity contribution in [3.8, 4) is 5.75 Å². The van der Waals surface area contributed by atoms with E-state index in [1.165, 1.54) is 5.56 Å². The van der Waals surface area contributed by atoms with Crippen LogP contribution in [0, 0.1) is 5.92 Å². The second-order valence-electron chi connectivity index (χ2n) is 5.65. The molecule has 116 valence electrons. The molecule has 0 atom stereocenters. The Bertz CT molecular complexity index is 487. The Morgan fingerprint density at radius 1 is 1.43 bits per heavy atom. The van der Waals surface area contributed by atoms with Gasteiger partial charge in [0.15, 0.2) is 0 Å². The molecular formula is C16H24N2O2S. The summed E-state index contributed by atoms with van der Waals surface area (Å²) in [6, 6.07) is 6.03. The van der Waals surface area contributed by atoms with Gasteiger partial charge in [0.2, 0.25) is 0 Å². The molecular weight excluding hydrogens is 284 g/mol. The second-order valence-corrected chi connectivity index (χ2v) is 6.09. The molecule has 0 spiro atoms. The van der Waals surface area contributed by atoms with Gasteiger partial charge in [-0.3, -0.25) is 0 Å². The highest BCUT2D eigenvalue weighted by molar-refractivity contribution is 7.80. The van der Waals surface area contributed by atoms with Crippen molar-refractivity contribution >= 4 is 17.2 Å². The van der Waals surface area contributed by atoms with Gasteiger partial charge in [-0.2, -0.15) is 0 Å². The third kappa shape index (κ3) is 4.66. The van der Waals surface area contributed by atoms with Crippen LogP contribution in [0.1, 0.15) is 24.0 Å². The lowest BCUT2D eigenvalue weighted by atomic mass is 9.99. The summed E-state index contributed by atoms with van der Waals surface area (Å²) in [6.45, 7) is 3.79. The molecule has 1 aromatic carbocycles. The summed E-state index contributed by atoms with van der Waals surface area (Å²) < 4.78 is 10.8. The van der Waals surface area contributed by atoms with Crippen LogP contribution in [0.15, 0.2) is 18.2 Å². The Kier molecular flexibility index (Phi) is 5.96. The molecule has 1 heterocycles. The second kappa shape index (κ2) is 7.73. The summed E-state index contributed by atoms with van der Waals surface area (Å²) in [5, 5.41) is 0. The number of nitrogens with zero attached hydrogens (tertiary/aromatic N) is 1. The van der Waals surface area contributed by atoms with Crippen LogP contribution < -0.4 is 10.5 Å². The normalized spacial score (nSPS) is 16.1. The first-order valence-electron chi connectivity index (χ1n) is 7.33. The quantitative estimate of drug-likeness (QED) is 0.816. The van der Waals surface area contributed by atoms with Crippen molar-refractivity contribution in [3.05, 3.63) is 29.3 Å². The molecule has 1 saturated heterocycles.